The van der Waals surface area contributed by atoms with Gasteiger partial charge in [-0.25, -0.2) is 11.9 Å². The molecule has 0 fully saturated rings. The quantitative estimate of drug-likeness (QED) is 0.515. The number of carbonyl (C=O) groups is 1. The van der Waals surface area contributed by atoms with Gasteiger partial charge >= 0.3 is 18.0 Å². The van der Waals surface area contributed by atoms with Crippen LogP contribution in [0.3, 0.4) is 0 Å². The van der Waals surface area contributed by atoms with Gasteiger partial charge < -0.3 is 9.84 Å². The molecule has 0 saturated carbocycles. The molecule has 0 amide bonds. The van der Waals surface area contributed by atoms with Gasteiger partial charge in [-0.05, 0) is 0 Å². The fourth-order valence-corrected chi connectivity index (χ4v) is 0.265. The molecule has 1 N–H and O–H groups in total. The maximum atomic E-state index is 12.1. The molecule has 0 spiro atoms. The van der Waals surface area contributed by atoms with Gasteiger partial charge in [-0.1, -0.05) is 0 Å². The molecule has 0 rings (SSSR count). The largest absolute Gasteiger partial charge is 0.511 e. The normalized spacial score (nSPS) is 16.1. The molecule has 0 aliphatic rings. The standard InChI is InChI=1S/C4H3F4O3.Rf/c1-11-3(5,2(9)10)4(6,7)8;/h1H2,(H,9,10);/q-1;. The summed E-state index contributed by atoms with van der Waals surface area (Å²) in [6, 6.07) is 0. The molecule has 0 heterocycles. The minimum Gasteiger partial charge on any atom is -0.511 e. The average molecular weight is 442 g/mol. The number of rotatable bonds is 2. The Morgan fingerprint density at radius 2 is 1.67 bits per heavy atom. The second-order valence-electron chi connectivity index (χ2n) is 1.54. The zero-order valence-electron chi connectivity index (χ0n) is 5.69. The van der Waals surface area contributed by atoms with Crippen molar-refractivity contribution in [2.45, 2.75) is 12.0 Å². The first kappa shape index (κ1) is 12.8. The predicted molar refractivity (Wildman–Crippen MR) is 24.0 cm³/mol. The maximum absolute atomic E-state index is 12.1. The number of alkyl halides is 4. The van der Waals surface area contributed by atoms with E-state index < -0.39 is 18.0 Å². The van der Waals surface area contributed by atoms with Crippen LogP contribution in [0.2, 0.25) is 0 Å². The molecule has 0 radical (unpaired) electrons. The minimum atomic E-state index is -5.62. The van der Waals surface area contributed by atoms with Crippen LogP contribution in [0.15, 0.2) is 0 Å². The van der Waals surface area contributed by atoms with Crippen molar-refractivity contribution in [3.8, 4) is 0 Å². The molecule has 0 saturated heterocycles. The van der Waals surface area contributed by atoms with E-state index in [0.717, 1.165) is 0 Å². The van der Waals surface area contributed by atoms with E-state index in [-0.39, 0.29) is 0 Å². The number of hydrogen-bond acceptors (Lipinski definition) is 2. The number of hydrogen-bond donors (Lipinski definition) is 1. The van der Waals surface area contributed by atoms with E-state index in [1.807, 2.05) is 0 Å². The van der Waals surface area contributed by atoms with Gasteiger partial charge in [-0.2, -0.15) is 17.6 Å². The van der Waals surface area contributed by atoms with Crippen molar-refractivity contribution in [1.82, 2.24) is 0 Å². The molecule has 0 aromatic rings. The summed E-state index contributed by atoms with van der Waals surface area (Å²) in [7, 11) is 2.07. The third-order valence-electron chi connectivity index (χ3n) is 0.839. The molecule has 68 valence electrons. The van der Waals surface area contributed by atoms with E-state index in [1.165, 1.54) is 0 Å². The first-order valence-electron chi connectivity index (χ1n) is 2.18. The van der Waals surface area contributed by atoms with E-state index >= 15 is 0 Å². The Kier molecular flexibility index (Phi) is 3.24. The van der Waals surface area contributed by atoms with Crippen LogP contribution in [0, 0.1) is 7.11 Å². The van der Waals surface area contributed by atoms with Gasteiger partial charge in [0.1, 0.15) is 0 Å². The Hall–Kier alpha value is -1.85. The Morgan fingerprint density at radius 1 is 1.33 bits per heavy atom. The Labute approximate surface area is 58.6 Å². The molecule has 1 unspecified atom stereocenters. The van der Waals surface area contributed by atoms with E-state index in [0.29, 0.717) is 0 Å². The monoisotopic (exact) mass is 442 g/mol. The van der Waals surface area contributed by atoms with Gasteiger partial charge in [0, 0.05) is 0 Å². The topological polar surface area (TPSA) is 46.5 Å². The Bertz CT molecular complexity index is 170. The van der Waals surface area contributed by atoms with Gasteiger partial charge in [-0.3, -0.25) is 0 Å². The molecule has 1 atom stereocenters. The summed E-state index contributed by atoms with van der Waals surface area (Å²) >= 11 is 0. The van der Waals surface area contributed by atoms with Crippen LogP contribution in [-0.4, -0.2) is 23.1 Å². The van der Waals surface area contributed by atoms with Gasteiger partial charge in [-0.15, -0.1) is 0 Å². The summed E-state index contributed by atoms with van der Waals surface area (Å²) < 4.78 is 49.4. The first-order chi connectivity index (χ1) is 4.75. The van der Waals surface area contributed by atoms with Crippen molar-refractivity contribution in [2.24, 2.45) is 0 Å². The molecule has 3 nitrogen and oxygen atoms in total. The molecule has 0 aromatic heterocycles. The maximum Gasteiger partial charge on any atom is 0.457 e. The van der Waals surface area contributed by atoms with Crippen molar-refractivity contribution >= 4 is 5.97 Å². The van der Waals surface area contributed by atoms with Crippen LogP contribution in [0.4, 0.5) is 17.6 Å². The zero-order valence-corrected chi connectivity index (χ0v) is 12.1. The Morgan fingerprint density at radius 3 is 1.67 bits per heavy atom. The second kappa shape index (κ2) is 3.04. The van der Waals surface area contributed by atoms with Crippen molar-refractivity contribution in [1.29, 1.82) is 0 Å². The molecule has 0 bridgehead atoms. The third-order valence-corrected chi connectivity index (χ3v) is 0.839. The summed E-state index contributed by atoms with van der Waals surface area (Å²) in [5.74, 6) is -7.49. The third kappa shape index (κ3) is 1.60. The van der Waals surface area contributed by atoms with Crippen LogP contribution in [0.25, 0.3) is 0 Å². The van der Waals surface area contributed by atoms with Gasteiger partial charge in [0.25, 0.3) is 0 Å². The van der Waals surface area contributed by atoms with Crippen molar-refractivity contribution < 1.29 is 32.2 Å². The van der Waals surface area contributed by atoms with E-state index in [9.17, 15) is 22.4 Å². The van der Waals surface area contributed by atoms with E-state index in [4.69, 9.17) is 5.11 Å². The van der Waals surface area contributed by atoms with Crippen LogP contribution in [0.1, 0.15) is 0 Å². The van der Waals surface area contributed by atoms with Crippen molar-refractivity contribution in [3.63, 3.8) is 0 Å². The molecule has 0 aliphatic heterocycles. The zero-order chi connectivity index (χ0) is 9.28. The molecule has 0 aliphatic carbocycles. The SMILES string of the molecule is [CH2-]OC(F)(C(=O)O)C(F)(F)F.[Rf]. The van der Waals surface area contributed by atoms with E-state index in [1.54, 1.807) is 0 Å². The van der Waals surface area contributed by atoms with Crippen molar-refractivity contribution in [3.05, 3.63) is 7.11 Å². The number of ether oxygens (including phenoxy) is 1. The summed E-state index contributed by atoms with van der Waals surface area (Å²) in [6.45, 7) is 0. The average Bonchev–Trinajstić information content (AvgIpc) is 1.83. The van der Waals surface area contributed by atoms with Gasteiger partial charge in [0.05, 0.1) is 0 Å². The summed E-state index contributed by atoms with van der Waals surface area (Å²) in [5, 5.41) is 7.71. The molecule has 12 heavy (non-hydrogen) atoms. The van der Waals surface area contributed by atoms with Crippen LogP contribution < -0.4 is 0 Å². The number of carboxylic acids is 1. The van der Waals surface area contributed by atoms with Gasteiger partial charge in [0.15, 0.2) is 0 Å². The number of halogens is 4. The minimum absolute atomic E-state index is 0. The number of carboxylic acid groups (broad SMARTS) is 1. The predicted octanol–water partition coefficient (Wildman–Crippen LogP) is 1.11. The molecule has 0 aromatic carbocycles. The fraction of sp³-hybridized carbons (Fsp3) is 0.500. The van der Waals surface area contributed by atoms with Crippen LogP contribution >= 0.6 is 0 Å². The molecular weight excluding hydrogens is 439 g/mol. The van der Waals surface area contributed by atoms with Crippen LogP contribution in [0.5, 0.6) is 0 Å². The molecule has 8 heteroatoms. The summed E-state index contributed by atoms with van der Waals surface area (Å²) in [5.41, 5.74) is 0. The van der Waals surface area contributed by atoms with E-state index in [2.05, 4.69) is 11.8 Å². The van der Waals surface area contributed by atoms with Gasteiger partial charge in [0.2, 0.25) is 0 Å². The van der Waals surface area contributed by atoms with Crippen molar-refractivity contribution in [2.75, 3.05) is 0 Å². The fourth-order valence-electron chi connectivity index (χ4n) is 0.265. The second-order valence-corrected chi connectivity index (χ2v) is 1.54. The Balaban J connectivity index is 0. The number of aliphatic carboxylic acids is 1. The smallest absolute Gasteiger partial charge is 0.457 e. The van der Waals surface area contributed by atoms with Crippen LogP contribution in [-0.2, 0) is 9.53 Å². The first-order valence-corrected chi connectivity index (χ1v) is 2.18. The molecular formula is C4H3F4O3Rf-. The summed E-state index contributed by atoms with van der Waals surface area (Å²) in [6.07, 6.45) is -5.62. The summed E-state index contributed by atoms with van der Waals surface area (Å²) in [4.78, 5) is 9.64.